The number of thiocarbonyl (C=S) groups is 1. The molecular formula is C25H26N2OS. The first-order valence-electron chi connectivity index (χ1n) is 10.1. The highest BCUT2D eigenvalue weighted by Crippen LogP contribution is 2.41. The van der Waals surface area contributed by atoms with Gasteiger partial charge in [0.15, 0.2) is 5.11 Å². The molecule has 0 radical (unpaired) electrons. The lowest BCUT2D eigenvalue weighted by Gasteiger charge is -2.43. The summed E-state index contributed by atoms with van der Waals surface area (Å²) in [5, 5.41) is 16.0. The number of hydrogen-bond donors (Lipinski definition) is 2. The predicted octanol–water partition coefficient (Wildman–Crippen LogP) is 5.03. The molecule has 0 bridgehead atoms. The van der Waals surface area contributed by atoms with Crippen LogP contribution in [0, 0.1) is 5.92 Å². The summed E-state index contributed by atoms with van der Waals surface area (Å²) in [7, 11) is 0. The number of nitrogens with zero attached hydrogens (tertiary/aromatic N) is 1. The van der Waals surface area contributed by atoms with E-state index >= 15 is 0 Å². The van der Waals surface area contributed by atoms with Crippen LogP contribution in [0.4, 0.5) is 5.69 Å². The summed E-state index contributed by atoms with van der Waals surface area (Å²) < 4.78 is 0. The Morgan fingerprint density at radius 1 is 0.793 bits per heavy atom. The zero-order valence-corrected chi connectivity index (χ0v) is 17.2. The highest BCUT2D eigenvalue weighted by atomic mass is 32.1. The topological polar surface area (TPSA) is 35.5 Å². The molecule has 3 aromatic rings. The number of hydrogen-bond acceptors (Lipinski definition) is 2. The first-order chi connectivity index (χ1) is 14.2. The van der Waals surface area contributed by atoms with Crippen LogP contribution in [0.15, 0.2) is 91.0 Å². The minimum atomic E-state index is -0.997. The van der Waals surface area contributed by atoms with Crippen LogP contribution >= 0.6 is 12.2 Å². The monoisotopic (exact) mass is 402 g/mol. The van der Waals surface area contributed by atoms with Crippen LogP contribution in [0.3, 0.4) is 0 Å². The Hall–Kier alpha value is -2.69. The fraction of sp³-hybridized carbons (Fsp3) is 0.240. The Kier molecular flexibility index (Phi) is 5.93. The Labute approximate surface area is 178 Å². The first-order valence-corrected chi connectivity index (χ1v) is 10.5. The number of para-hydroxylation sites is 1. The molecule has 4 heteroatoms. The van der Waals surface area contributed by atoms with Crippen molar-refractivity contribution in [2.45, 2.75) is 18.4 Å². The fourth-order valence-electron chi connectivity index (χ4n) is 4.25. The summed E-state index contributed by atoms with van der Waals surface area (Å²) in [6.45, 7) is 1.65. The van der Waals surface area contributed by atoms with E-state index in [0.29, 0.717) is 0 Å². The number of likely N-dealkylation sites (tertiary alicyclic amines) is 1. The molecule has 3 nitrogen and oxygen atoms in total. The largest absolute Gasteiger partial charge is 0.380 e. The van der Waals surface area contributed by atoms with E-state index < -0.39 is 5.60 Å². The Morgan fingerprint density at radius 3 is 1.72 bits per heavy atom. The zero-order chi connectivity index (χ0) is 20.1. The van der Waals surface area contributed by atoms with E-state index in [1.807, 2.05) is 91.0 Å². The molecule has 29 heavy (non-hydrogen) atoms. The number of rotatable bonds is 4. The molecule has 1 aliphatic heterocycles. The van der Waals surface area contributed by atoms with Gasteiger partial charge in [-0.25, -0.2) is 0 Å². The van der Waals surface area contributed by atoms with Gasteiger partial charge < -0.3 is 15.3 Å². The van der Waals surface area contributed by atoms with Gasteiger partial charge in [0.1, 0.15) is 5.60 Å². The lowest BCUT2D eigenvalue weighted by molar-refractivity contribution is -0.00631. The van der Waals surface area contributed by atoms with E-state index in [2.05, 4.69) is 10.2 Å². The third-order valence-corrected chi connectivity index (χ3v) is 6.19. The van der Waals surface area contributed by atoms with Crippen molar-refractivity contribution in [2.24, 2.45) is 5.92 Å². The Morgan fingerprint density at radius 2 is 1.24 bits per heavy atom. The molecule has 4 rings (SSSR count). The second kappa shape index (κ2) is 8.76. The van der Waals surface area contributed by atoms with E-state index in [9.17, 15) is 5.11 Å². The molecule has 1 aliphatic rings. The first kappa shape index (κ1) is 19.6. The van der Waals surface area contributed by atoms with Crippen molar-refractivity contribution >= 4 is 23.0 Å². The van der Waals surface area contributed by atoms with Crippen molar-refractivity contribution < 1.29 is 5.11 Å². The smallest absolute Gasteiger partial charge is 0.173 e. The standard InChI is InChI=1S/C25H26N2OS/c28-25(20-10-4-1-5-11-20,21-12-6-2-7-13-21)22-16-18-27(19-17-22)24(29)26-23-14-8-3-9-15-23/h1-15,22,28H,16-19H2,(H,26,29). The van der Waals surface area contributed by atoms with Gasteiger partial charge in [0, 0.05) is 18.8 Å². The van der Waals surface area contributed by atoms with Crippen LogP contribution < -0.4 is 5.32 Å². The van der Waals surface area contributed by atoms with Crippen molar-refractivity contribution in [3.8, 4) is 0 Å². The summed E-state index contributed by atoms with van der Waals surface area (Å²) in [4.78, 5) is 2.20. The summed E-state index contributed by atoms with van der Waals surface area (Å²) in [6.07, 6.45) is 1.74. The number of benzene rings is 3. The second-order valence-electron chi connectivity index (χ2n) is 7.56. The number of aliphatic hydroxyl groups is 1. The molecule has 0 spiro atoms. The Balaban J connectivity index is 1.51. The minimum Gasteiger partial charge on any atom is -0.380 e. The highest BCUT2D eigenvalue weighted by Gasteiger charge is 2.41. The average molecular weight is 403 g/mol. The lowest BCUT2D eigenvalue weighted by atomic mass is 9.72. The maximum Gasteiger partial charge on any atom is 0.173 e. The molecule has 0 aromatic heterocycles. The zero-order valence-electron chi connectivity index (χ0n) is 16.4. The van der Waals surface area contributed by atoms with Gasteiger partial charge in [0.05, 0.1) is 0 Å². The van der Waals surface area contributed by atoms with Crippen molar-refractivity contribution in [3.63, 3.8) is 0 Å². The number of piperidine rings is 1. The molecule has 0 aliphatic carbocycles. The minimum absolute atomic E-state index is 0.128. The summed E-state index contributed by atoms with van der Waals surface area (Å²) in [6, 6.07) is 30.1. The molecule has 2 N–H and O–H groups in total. The molecule has 1 fully saturated rings. The van der Waals surface area contributed by atoms with Gasteiger partial charge in [-0.3, -0.25) is 0 Å². The SMILES string of the molecule is OC(c1ccccc1)(c1ccccc1)C1CCN(C(=S)Nc2ccccc2)CC1. The molecule has 1 heterocycles. The normalized spacial score (nSPS) is 15.1. The van der Waals surface area contributed by atoms with E-state index in [0.717, 1.165) is 47.9 Å². The van der Waals surface area contributed by atoms with E-state index in [1.165, 1.54) is 0 Å². The van der Waals surface area contributed by atoms with Crippen molar-refractivity contribution in [2.75, 3.05) is 18.4 Å². The van der Waals surface area contributed by atoms with Crippen molar-refractivity contribution in [1.82, 2.24) is 4.90 Å². The van der Waals surface area contributed by atoms with Gasteiger partial charge in [0.2, 0.25) is 0 Å². The van der Waals surface area contributed by atoms with Crippen LogP contribution in [0.5, 0.6) is 0 Å². The maximum absolute atomic E-state index is 12.0. The van der Waals surface area contributed by atoms with Crippen LogP contribution in [-0.4, -0.2) is 28.2 Å². The van der Waals surface area contributed by atoms with Crippen molar-refractivity contribution in [1.29, 1.82) is 0 Å². The van der Waals surface area contributed by atoms with Gasteiger partial charge in [0.25, 0.3) is 0 Å². The molecule has 3 aromatic carbocycles. The number of nitrogens with one attached hydrogen (secondary N) is 1. The second-order valence-corrected chi connectivity index (χ2v) is 7.94. The molecule has 0 amide bonds. The van der Waals surface area contributed by atoms with E-state index in [4.69, 9.17) is 12.2 Å². The number of anilines is 1. The van der Waals surface area contributed by atoms with Crippen LogP contribution in [0.1, 0.15) is 24.0 Å². The average Bonchev–Trinajstić information content (AvgIpc) is 2.80. The molecule has 0 atom stereocenters. The van der Waals surface area contributed by atoms with Crippen LogP contribution in [-0.2, 0) is 5.60 Å². The third kappa shape index (κ3) is 4.19. The molecule has 148 valence electrons. The van der Waals surface area contributed by atoms with Crippen LogP contribution in [0.25, 0.3) is 0 Å². The Bertz CT molecular complexity index is 883. The van der Waals surface area contributed by atoms with E-state index in [-0.39, 0.29) is 5.92 Å². The molecule has 1 saturated heterocycles. The van der Waals surface area contributed by atoms with Gasteiger partial charge in [-0.15, -0.1) is 0 Å². The highest BCUT2D eigenvalue weighted by molar-refractivity contribution is 7.80. The quantitative estimate of drug-likeness (QED) is 0.600. The molecule has 0 saturated carbocycles. The summed E-state index contributed by atoms with van der Waals surface area (Å²) in [5.74, 6) is 0.128. The third-order valence-electron chi connectivity index (χ3n) is 5.83. The molecular weight excluding hydrogens is 376 g/mol. The fourth-order valence-corrected chi connectivity index (χ4v) is 4.55. The lowest BCUT2D eigenvalue weighted by Crippen LogP contribution is -2.47. The molecule has 0 unspecified atom stereocenters. The van der Waals surface area contributed by atoms with Gasteiger partial charge in [-0.1, -0.05) is 78.9 Å². The van der Waals surface area contributed by atoms with Gasteiger partial charge in [-0.2, -0.15) is 0 Å². The predicted molar refractivity (Wildman–Crippen MR) is 123 cm³/mol. The van der Waals surface area contributed by atoms with E-state index in [1.54, 1.807) is 0 Å². The van der Waals surface area contributed by atoms with Crippen LogP contribution in [0.2, 0.25) is 0 Å². The van der Waals surface area contributed by atoms with Crippen molar-refractivity contribution in [3.05, 3.63) is 102 Å². The van der Waals surface area contributed by atoms with Gasteiger partial charge in [-0.05, 0) is 54.2 Å². The summed E-state index contributed by atoms with van der Waals surface area (Å²) >= 11 is 5.63. The van der Waals surface area contributed by atoms with Gasteiger partial charge >= 0.3 is 0 Å². The summed E-state index contributed by atoms with van der Waals surface area (Å²) in [5.41, 5.74) is 1.91. The maximum atomic E-state index is 12.0.